The minimum absolute atomic E-state index is 0.184. The van der Waals surface area contributed by atoms with Crippen molar-refractivity contribution in [2.45, 2.75) is 12.8 Å². The highest BCUT2D eigenvalue weighted by Crippen LogP contribution is 2.38. The normalized spacial score (nSPS) is 18.6. The van der Waals surface area contributed by atoms with Crippen molar-refractivity contribution in [3.63, 3.8) is 0 Å². The highest BCUT2D eigenvalue weighted by Gasteiger charge is 2.34. The SMILES string of the molecule is O=C(O)C1CC(COc2cc(Br)ccc2-c2cc(=O)c3cccc(Cl)c3o2)C1. The third kappa shape index (κ3) is 3.66. The Hall–Kier alpha value is -2.31. The average molecular weight is 464 g/mol. The fourth-order valence-corrected chi connectivity index (χ4v) is 3.93. The molecule has 0 atom stereocenters. The van der Waals surface area contributed by atoms with E-state index in [0.29, 0.717) is 52.5 Å². The molecule has 1 saturated carbocycles. The monoisotopic (exact) mass is 462 g/mol. The molecule has 1 aromatic heterocycles. The smallest absolute Gasteiger partial charge is 0.306 e. The van der Waals surface area contributed by atoms with E-state index >= 15 is 0 Å². The molecule has 28 heavy (non-hydrogen) atoms. The van der Waals surface area contributed by atoms with E-state index in [0.717, 1.165) is 4.47 Å². The van der Waals surface area contributed by atoms with Crippen LogP contribution in [-0.2, 0) is 4.79 Å². The van der Waals surface area contributed by atoms with Crippen molar-refractivity contribution in [2.75, 3.05) is 6.61 Å². The molecule has 144 valence electrons. The van der Waals surface area contributed by atoms with Crippen LogP contribution in [0.4, 0.5) is 0 Å². The minimum Gasteiger partial charge on any atom is -0.492 e. The van der Waals surface area contributed by atoms with Gasteiger partial charge in [0.15, 0.2) is 11.0 Å². The van der Waals surface area contributed by atoms with Gasteiger partial charge in [-0.15, -0.1) is 0 Å². The van der Waals surface area contributed by atoms with Crippen LogP contribution in [0.15, 0.2) is 56.1 Å². The summed E-state index contributed by atoms with van der Waals surface area (Å²) < 4.78 is 12.7. The van der Waals surface area contributed by atoms with Gasteiger partial charge in [0.1, 0.15) is 11.5 Å². The van der Waals surface area contributed by atoms with Gasteiger partial charge in [0.2, 0.25) is 0 Å². The van der Waals surface area contributed by atoms with Gasteiger partial charge < -0.3 is 14.3 Å². The second-order valence-electron chi connectivity index (χ2n) is 6.92. The Bertz CT molecular complexity index is 1120. The summed E-state index contributed by atoms with van der Waals surface area (Å²) in [6.07, 6.45) is 1.22. The van der Waals surface area contributed by atoms with E-state index in [1.807, 2.05) is 6.07 Å². The summed E-state index contributed by atoms with van der Waals surface area (Å²) in [7, 11) is 0. The fourth-order valence-electron chi connectivity index (χ4n) is 3.38. The molecule has 0 radical (unpaired) electrons. The Morgan fingerprint density at radius 3 is 2.79 bits per heavy atom. The van der Waals surface area contributed by atoms with Crippen LogP contribution in [0.1, 0.15) is 12.8 Å². The molecule has 0 aliphatic heterocycles. The molecule has 2 aromatic carbocycles. The molecule has 4 rings (SSSR count). The Morgan fingerprint density at radius 1 is 1.25 bits per heavy atom. The lowest BCUT2D eigenvalue weighted by molar-refractivity contribution is -0.146. The Balaban J connectivity index is 1.65. The third-order valence-corrected chi connectivity index (χ3v) is 5.77. The number of hydrogen-bond acceptors (Lipinski definition) is 4. The number of benzene rings is 2. The van der Waals surface area contributed by atoms with Crippen molar-refractivity contribution < 1.29 is 19.1 Å². The lowest BCUT2D eigenvalue weighted by atomic mass is 9.75. The lowest BCUT2D eigenvalue weighted by Gasteiger charge is -2.32. The first-order valence-corrected chi connectivity index (χ1v) is 9.97. The second-order valence-corrected chi connectivity index (χ2v) is 8.24. The molecule has 1 N–H and O–H groups in total. The third-order valence-electron chi connectivity index (χ3n) is 4.98. The first-order valence-electron chi connectivity index (χ1n) is 8.80. The number of aliphatic carboxylic acids is 1. The first-order chi connectivity index (χ1) is 13.4. The summed E-state index contributed by atoms with van der Waals surface area (Å²) in [6.45, 7) is 0.409. The number of carboxylic acid groups (broad SMARTS) is 1. The van der Waals surface area contributed by atoms with Gasteiger partial charge in [-0.25, -0.2) is 0 Å². The number of carbonyl (C=O) groups is 1. The molecule has 5 nitrogen and oxygen atoms in total. The van der Waals surface area contributed by atoms with Crippen molar-refractivity contribution in [2.24, 2.45) is 11.8 Å². The van der Waals surface area contributed by atoms with Gasteiger partial charge in [-0.05, 0) is 49.1 Å². The zero-order chi connectivity index (χ0) is 19.8. The minimum atomic E-state index is -0.755. The van der Waals surface area contributed by atoms with Crippen LogP contribution in [0.5, 0.6) is 5.75 Å². The Labute approximate surface area is 174 Å². The number of fused-ring (bicyclic) bond motifs is 1. The van der Waals surface area contributed by atoms with Gasteiger partial charge in [-0.2, -0.15) is 0 Å². The Kier molecular flexibility index (Phi) is 5.17. The van der Waals surface area contributed by atoms with Crippen molar-refractivity contribution >= 4 is 44.5 Å². The van der Waals surface area contributed by atoms with Crippen LogP contribution in [-0.4, -0.2) is 17.7 Å². The van der Waals surface area contributed by atoms with Gasteiger partial charge in [0.25, 0.3) is 0 Å². The van der Waals surface area contributed by atoms with Crippen LogP contribution < -0.4 is 10.2 Å². The summed E-state index contributed by atoms with van der Waals surface area (Å²) in [5.41, 5.74) is 0.788. The molecular formula is C21H16BrClO5. The van der Waals surface area contributed by atoms with E-state index in [1.54, 1.807) is 30.3 Å². The van der Waals surface area contributed by atoms with Crippen molar-refractivity contribution in [3.8, 4) is 17.1 Å². The summed E-state index contributed by atoms with van der Waals surface area (Å²) >= 11 is 9.63. The van der Waals surface area contributed by atoms with Crippen molar-refractivity contribution in [1.82, 2.24) is 0 Å². The van der Waals surface area contributed by atoms with E-state index in [4.69, 9.17) is 25.9 Å². The quantitative estimate of drug-likeness (QED) is 0.551. The molecule has 1 aliphatic rings. The van der Waals surface area contributed by atoms with Crippen LogP contribution in [0.2, 0.25) is 5.02 Å². The van der Waals surface area contributed by atoms with Crippen LogP contribution >= 0.6 is 27.5 Å². The first kappa shape index (κ1) is 19.0. The molecule has 0 amide bonds. The van der Waals surface area contributed by atoms with Gasteiger partial charge in [-0.1, -0.05) is 33.6 Å². The predicted molar refractivity (Wildman–Crippen MR) is 110 cm³/mol. The topological polar surface area (TPSA) is 76.7 Å². The number of hydrogen-bond donors (Lipinski definition) is 1. The maximum absolute atomic E-state index is 12.5. The molecule has 0 saturated heterocycles. The summed E-state index contributed by atoms with van der Waals surface area (Å²) in [5.74, 6) is 0.0873. The molecular weight excluding hydrogens is 448 g/mol. The molecule has 0 unspecified atom stereocenters. The van der Waals surface area contributed by atoms with Gasteiger partial charge in [-0.3, -0.25) is 9.59 Å². The fraction of sp³-hybridized carbons (Fsp3) is 0.238. The van der Waals surface area contributed by atoms with Crippen LogP contribution in [0.3, 0.4) is 0 Å². The van der Waals surface area contributed by atoms with Gasteiger partial charge >= 0.3 is 5.97 Å². The molecule has 7 heteroatoms. The van der Waals surface area contributed by atoms with E-state index in [9.17, 15) is 9.59 Å². The van der Waals surface area contributed by atoms with Crippen LogP contribution in [0.25, 0.3) is 22.3 Å². The number of ether oxygens (including phenoxy) is 1. The standard InChI is InChI=1S/C21H16BrClO5/c22-13-4-5-15(18(8-13)27-10-11-6-12(7-11)21(25)26)19-9-17(24)14-2-1-3-16(23)20(14)28-19/h1-5,8-9,11-12H,6-7,10H2,(H,25,26). The molecule has 1 fully saturated rings. The molecule has 0 bridgehead atoms. The van der Waals surface area contributed by atoms with Crippen molar-refractivity contribution in [1.29, 1.82) is 0 Å². The molecule has 0 spiro atoms. The highest BCUT2D eigenvalue weighted by molar-refractivity contribution is 9.10. The van der Waals surface area contributed by atoms with Gasteiger partial charge in [0, 0.05) is 10.5 Å². The maximum atomic E-state index is 12.5. The van der Waals surface area contributed by atoms with Crippen LogP contribution in [0, 0.1) is 11.8 Å². The average Bonchev–Trinajstić information content (AvgIpc) is 2.61. The van der Waals surface area contributed by atoms with Gasteiger partial charge in [0.05, 0.1) is 28.5 Å². The summed E-state index contributed by atoms with van der Waals surface area (Å²) in [6, 6.07) is 11.9. The number of rotatable bonds is 5. The molecule has 3 aromatic rings. The zero-order valence-electron chi connectivity index (χ0n) is 14.7. The van der Waals surface area contributed by atoms with E-state index < -0.39 is 5.97 Å². The van der Waals surface area contributed by atoms with E-state index in [2.05, 4.69) is 15.9 Å². The molecule has 1 aliphatic carbocycles. The van der Waals surface area contributed by atoms with E-state index in [1.165, 1.54) is 6.07 Å². The van der Waals surface area contributed by atoms with E-state index in [-0.39, 0.29) is 17.3 Å². The maximum Gasteiger partial charge on any atom is 0.306 e. The number of para-hydroxylation sites is 1. The summed E-state index contributed by atoms with van der Waals surface area (Å²) in [4.78, 5) is 23.5. The lowest BCUT2D eigenvalue weighted by Crippen LogP contribution is -2.33. The largest absolute Gasteiger partial charge is 0.492 e. The van der Waals surface area contributed by atoms with Crippen molar-refractivity contribution in [3.05, 3.63) is 62.2 Å². The molecule has 1 heterocycles. The summed E-state index contributed by atoms with van der Waals surface area (Å²) in [5, 5.41) is 9.79. The highest BCUT2D eigenvalue weighted by atomic mass is 79.9. The number of carboxylic acids is 1. The second kappa shape index (κ2) is 7.60. The number of halogens is 2. The predicted octanol–water partition coefficient (Wildman–Crippen LogP) is 5.37. The zero-order valence-corrected chi connectivity index (χ0v) is 17.0. The Morgan fingerprint density at radius 2 is 2.04 bits per heavy atom.